The molecule has 6 heteroatoms. The standard InChI is InChI=1S/C16H27N5O/c1-11-9-12(2)21(20-11)8-4-7-18-16(17-3)19-14-10-13-5-6-15(14)22-13/h9,13-15H,4-8,10H2,1-3H3,(H2,17,18,19). The number of ether oxygens (including phenoxy) is 1. The summed E-state index contributed by atoms with van der Waals surface area (Å²) in [5.74, 6) is 0.884. The van der Waals surface area contributed by atoms with Crippen LogP contribution in [0.4, 0.5) is 0 Å². The van der Waals surface area contributed by atoms with E-state index in [4.69, 9.17) is 4.74 Å². The van der Waals surface area contributed by atoms with Gasteiger partial charge in [-0.3, -0.25) is 9.67 Å². The minimum absolute atomic E-state index is 0.373. The fraction of sp³-hybridized carbons (Fsp3) is 0.750. The summed E-state index contributed by atoms with van der Waals surface area (Å²) >= 11 is 0. The number of aromatic nitrogens is 2. The predicted octanol–water partition coefficient (Wildman–Crippen LogP) is 1.37. The third kappa shape index (κ3) is 3.43. The number of aryl methyl sites for hydroxylation is 3. The first-order chi connectivity index (χ1) is 10.7. The van der Waals surface area contributed by atoms with Gasteiger partial charge in [0, 0.05) is 25.8 Å². The first-order valence-electron chi connectivity index (χ1n) is 8.29. The van der Waals surface area contributed by atoms with Gasteiger partial charge >= 0.3 is 0 Å². The molecule has 22 heavy (non-hydrogen) atoms. The van der Waals surface area contributed by atoms with Gasteiger partial charge in [0.15, 0.2) is 5.96 Å². The van der Waals surface area contributed by atoms with Crippen LogP contribution in [0.1, 0.15) is 37.1 Å². The zero-order chi connectivity index (χ0) is 15.5. The molecule has 3 unspecified atom stereocenters. The molecule has 0 aromatic carbocycles. The Kier molecular flexibility index (Phi) is 4.66. The van der Waals surface area contributed by atoms with Crippen molar-refractivity contribution in [1.82, 2.24) is 20.4 Å². The predicted molar refractivity (Wildman–Crippen MR) is 87.1 cm³/mol. The van der Waals surface area contributed by atoms with Crippen molar-refractivity contribution in [1.29, 1.82) is 0 Å². The van der Waals surface area contributed by atoms with Gasteiger partial charge in [0.2, 0.25) is 0 Å². The maximum atomic E-state index is 5.87. The molecule has 0 amide bonds. The average molecular weight is 305 g/mol. The van der Waals surface area contributed by atoms with Crippen LogP contribution in [-0.4, -0.2) is 47.6 Å². The second-order valence-corrected chi connectivity index (χ2v) is 6.36. The molecule has 3 atom stereocenters. The number of nitrogens with one attached hydrogen (secondary N) is 2. The summed E-state index contributed by atoms with van der Waals surface area (Å²) in [6, 6.07) is 2.53. The van der Waals surface area contributed by atoms with Crippen molar-refractivity contribution in [2.24, 2.45) is 4.99 Å². The Hall–Kier alpha value is -1.56. The van der Waals surface area contributed by atoms with Gasteiger partial charge in [0.1, 0.15) is 0 Å². The highest BCUT2D eigenvalue weighted by Gasteiger charge is 2.41. The molecule has 0 spiro atoms. The molecule has 2 bridgehead atoms. The summed E-state index contributed by atoms with van der Waals surface area (Å²) in [7, 11) is 1.82. The lowest BCUT2D eigenvalue weighted by Gasteiger charge is -2.22. The summed E-state index contributed by atoms with van der Waals surface area (Å²) in [5.41, 5.74) is 2.30. The Labute approximate surface area is 132 Å². The number of aliphatic imine (C=N–C) groups is 1. The van der Waals surface area contributed by atoms with Gasteiger partial charge in [0.25, 0.3) is 0 Å². The maximum Gasteiger partial charge on any atom is 0.191 e. The van der Waals surface area contributed by atoms with E-state index in [0.717, 1.165) is 37.6 Å². The summed E-state index contributed by atoms with van der Waals surface area (Å²) in [6.07, 6.45) is 5.37. The molecule has 122 valence electrons. The molecule has 1 aromatic heterocycles. The molecule has 2 N–H and O–H groups in total. The zero-order valence-electron chi connectivity index (χ0n) is 13.8. The molecular weight excluding hydrogens is 278 g/mol. The number of hydrogen-bond acceptors (Lipinski definition) is 3. The van der Waals surface area contributed by atoms with Crippen molar-refractivity contribution in [3.63, 3.8) is 0 Å². The highest BCUT2D eigenvalue weighted by molar-refractivity contribution is 5.80. The van der Waals surface area contributed by atoms with Crippen LogP contribution >= 0.6 is 0 Å². The van der Waals surface area contributed by atoms with E-state index in [0.29, 0.717) is 18.2 Å². The second-order valence-electron chi connectivity index (χ2n) is 6.36. The number of rotatable bonds is 5. The highest BCUT2D eigenvalue weighted by atomic mass is 16.5. The van der Waals surface area contributed by atoms with Crippen molar-refractivity contribution >= 4 is 5.96 Å². The van der Waals surface area contributed by atoms with Crippen LogP contribution in [0.5, 0.6) is 0 Å². The summed E-state index contributed by atoms with van der Waals surface area (Å²) in [5, 5.41) is 11.4. The van der Waals surface area contributed by atoms with Gasteiger partial charge in [-0.25, -0.2) is 0 Å². The molecule has 2 fully saturated rings. The van der Waals surface area contributed by atoms with Crippen molar-refractivity contribution in [3.8, 4) is 0 Å². The SMILES string of the molecule is CN=C(NCCCn1nc(C)cc1C)NC1CC2CCC1O2. The van der Waals surface area contributed by atoms with Crippen molar-refractivity contribution in [2.75, 3.05) is 13.6 Å². The fourth-order valence-corrected chi connectivity index (χ4v) is 3.50. The average Bonchev–Trinajstić information content (AvgIpc) is 3.18. The Bertz CT molecular complexity index is 539. The van der Waals surface area contributed by atoms with E-state index in [-0.39, 0.29) is 0 Å². The maximum absolute atomic E-state index is 5.87. The lowest BCUT2D eigenvalue weighted by atomic mass is 9.96. The Morgan fingerprint density at radius 2 is 2.32 bits per heavy atom. The van der Waals surface area contributed by atoms with Crippen LogP contribution in [0.25, 0.3) is 0 Å². The van der Waals surface area contributed by atoms with E-state index >= 15 is 0 Å². The normalized spacial score (nSPS) is 27.4. The first-order valence-corrected chi connectivity index (χ1v) is 8.29. The summed E-state index contributed by atoms with van der Waals surface area (Å²) in [4.78, 5) is 4.32. The van der Waals surface area contributed by atoms with Gasteiger partial charge in [-0.05, 0) is 45.6 Å². The van der Waals surface area contributed by atoms with Gasteiger partial charge in [-0.1, -0.05) is 0 Å². The number of nitrogens with zero attached hydrogens (tertiary/aromatic N) is 3. The molecule has 3 rings (SSSR count). The van der Waals surface area contributed by atoms with Gasteiger partial charge in [0.05, 0.1) is 23.9 Å². The van der Waals surface area contributed by atoms with Crippen LogP contribution < -0.4 is 10.6 Å². The number of hydrogen-bond donors (Lipinski definition) is 2. The van der Waals surface area contributed by atoms with E-state index in [1.165, 1.54) is 18.5 Å². The van der Waals surface area contributed by atoms with E-state index in [1.807, 2.05) is 14.0 Å². The lowest BCUT2D eigenvalue weighted by Crippen LogP contribution is -2.47. The van der Waals surface area contributed by atoms with Gasteiger partial charge in [-0.2, -0.15) is 5.10 Å². The first kappa shape index (κ1) is 15.3. The minimum atomic E-state index is 0.373. The van der Waals surface area contributed by atoms with E-state index in [2.05, 4.69) is 38.4 Å². The van der Waals surface area contributed by atoms with Gasteiger partial charge in [-0.15, -0.1) is 0 Å². The molecule has 2 saturated heterocycles. The Morgan fingerprint density at radius 3 is 2.91 bits per heavy atom. The largest absolute Gasteiger partial charge is 0.373 e. The van der Waals surface area contributed by atoms with E-state index < -0.39 is 0 Å². The number of fused-ring (bicyclic) bond motifs is 2. The van der Waals surface area contributed by atoms with Crippen LogP contribution in [0.2, 0.25) is 0 Å². The molecule has 1 aromatic rings. The van der Waals surface area contributed by atoms with Crippen LogP contribution in [0.15, 0.2) is 11.1 Å². The third-order valence-electron chi connectivity index (χ3n) is 4.59. The molecule has 3 heterocycles. The Morgan fingerprint density at radius 1 is 1.45 bits per heavy atom. The smallest absolute Gasteiger partial charge is 0.191 e. The van der Waals surface area contributed by atoms with E-state index in [9.17, 15) is 0 Å². The molecule has 0 aliphatic carbocycles. The second kappa shape index (κ2) is 6.69. The quantitative estimate of drug-likeness (QED) is 0.490. The van der Waals surface area contributed by atoms with Crippen molar-refractivity contribution in [3.05, 3.63) is 17.5 Å². The third-order valence-corrected chi connectivity index (χ3v) is 4.59. The minimum Gasteiger partial charge on any atom is -0.373 e. The zero-order valence-corrected chi connectivity index (χ0v) is 13.8. The van der Waals surface area contributed by atoms with Gasteiger partial charge < -0.3 is 15.4 Å². The van der Waals surface area contributed by atoms with E-state index in [1.54, 1.807) is 0 Å². The molecule has 2 aliphatic rings. The lowest BCUT2D eigenvalue weighted by molar-refractivity contribution is 0.0992. The monoisotopic (exact) mass is 305 g/mol. The van der Waals surface area contributed by atoms with Crippen molar-refractivity contribution < 1.29 is 4.74 Å². The Balaban J connectivity index is 1.39. The van der Waals surface area contributed by atoms with Crippen LogP contribution in [-0.2, 0) is 11.3 Å². The molecular formula is C16H27N5O. The topological polar surface area (TPSA) is 63.5 Å². The molecule has 0 radical (unpaired) electrons. The molecule has 0 saturated carbocycles. The summed E-state index contributed by atoms with van der Waals surface area (Å²) < 4.78 is 7.94. The van der Waals surface area contributed by atoms with Crippen LogP contribution in [0, 0.1) is 13.8 Å². The molecule has 6 nitrogen and oxygen atoms in total. The van der Waals surface area contributed by atoms with Crippen molar-refractivity contribution in [2.45, 2.75) is 64.3 Å². The molecule has 2 aliphatic heterocycles. The highest BCUT2D eigenvalue weighted by Crippen LogP contribution is 2.34. The summed E-state index contributed by atoms with van der Waals surface area (Å²) in [6.45, 7) is 5.95. The van der Waals surface area contributed by atoms with Crippen LogP contribution in [0.3, 0.4) is 0 Å². The number of guanidine groups is 1. The fourth-order valence-electron chi connectivity index (χ4n) is 3.50.